The highest BCUT2D eigenvalue weighted by Crippen LogP contribution is 2.31. The molecule has 1 aliphatic rings. The Morgan fingerprint density at radius 2 is 2.08 bits per heavy atom. The van der Waals surface area contributed by atoms with E-state index in [-0.39, 0.29) is 23.9 Å². The first-order chi connectivity index (χ1) is 12.0. The quantitative estimate of drug-likeness (QED) is 0.693. The van der Waals surface area contributed by atoms with Gasteiger partial charge in [-0.15, -0.1) is 0 Å². The van der Waals surface area contributed by atoms with Gasteiger partial charge < -0.3 is 4.52 Å². The van der Waals surface area contributed by atoms with E-state index in [2.05, 4.69) is 20.1 Å². The van der Waals surface area contributed by atoms with Crippen LogP contribution in [0.1, 0.15) is 11.8 Å². The second-order valence-corrected chi connectivity index (χ2v) is 7.46. The fourth-order valence-corrected chi connectivity index (χ4v) is 4.05. The Kier molecular flexibility index (Phi) is 3.77. The van der Waals surface area contributed by atoms with E-state index < -0.39 is 15.8 Å². The molecule has 10 heteroatoms. The lowest BCUT2D eigenvalue weighted by molar-refractivity contribution is 0.216. The summed E-state index contributed by atoms with van der Waals surface area (Å²) in [4.78, 5) is 12.2. The lowest BCUT2D eigenvalue weighted by Gasteiger charge is -2.35. The predicted molar refractivity (Wildman–Crippen MR) is 83.2 cm³/mol. The van der Waals surface area contributed by atoms with Crippen LogP contribution in [-0.2, 0) is 10.0 Å². The molecule has 1 fully saturated rings. The summed E-state index contributed by atoms with van der Waals surface area (Å²) in [5.74, 6) is -0.161. The summed E-state index contributed by atoms with van der Waals surface area (Å²) in [7, 11) is -3.73. The summed E-state index contributed by atoms with van der Waals surface area (Å²) in [5, 5.41) is 3.84. The molecule has 0 radical (unpaired) electrons. The molecule has 3 heterocycles. The van der Waals surface area contributed by atoms with Gasteiger partial charge in [-0.25, -0.2) is 17.8 Å². The first-order valence-electron chi connectivity index (χ1n) is 7.40. The third kappa shape index (κ3) is 2.89. The van der Waals surface area contributed by atoms with E-state index in [1.165, 1.54) is 41.1 Å². The fourth-order valence-electron chi connectivity index (χ4n) is 2.49. The molecule has 4 rings (SSSR count). The van der Waals surface area contributed by atoms with Crippen LogP contribution in [0.5, 0.6) is 0 Å². The fraction of sp³-hybridized carbons (Fsp3) is 0.200. The molecule has 25 heavy (non-hydrogen) atoms. The molecule has 8 nitrogen and oxygen atoms in total. The number of hydrogen-bond acceptors (Lipinski definition) is 7. The maximum Gasteiger partial charge on any atom is 0.243 e. The van der Waals surface area contributed by atoms with Crippen molar-refractivity contribution in [2.75, 3.05) is 13.1 Å². The minimum Gasteiger partial charge on any atom is -0.339 e. The zero-order valence-electron chi connectivity index (χ0n) is 12.8. The maximum atomic E-state index is 13.3. The number of halogens is 1. The van der Waals surface area contributed by atoms with Crippen molar-refractivity contribution < 1.29 is 17.3 Å². The second-order valence-electron chi connectivity index (χ2n) is 5.52. The van der Waals surface area contributed by atoms with Gasteiger partial charge in [-0.2, -0.15) is 9.29 Å². The van der Waals surface area contributed by atoms with E-state index in [0.717, 1.165) is 6.07 Å². The third-order valence-electron chi connectivity index (χ3n) is 3.87. The first-order valence-corrected chi connectivity index (χ1v) is 8.84. The highest BCUT2D eigenvalue weighted by molar-refractivity contribution is 7.89. The van der Waals surface area contributed by atoms with Crippen molar-refractivity contribution in [3.8, 4) is 11.5 Å². The van der Waals surface area contributed by atoms with Gasteiger partial charge in [0.1, 0.15) is 11.5 Å². The minimum absolute atomic E-state index is 0.0725. The molecule has 0 unspecified atom stereocenters. The summed E-state index contributed by atoms with van der Waals surface area (Å²) in [5.41, 5.74) is 0.473. The van der Waals surface area contributed by atoms with Crippen molar-refractivity contribution in [3.05, 3.63) is 54.6 Å². The van der Waals surface area contributed by atoms with E-state index in [4.69, 9.17) is 4.52 Å². The highest BCUT2D eigenvalue weighted by atomic mass is 32.2. The van der Waals surface area contributed by atoms with E-state index in [1.54, 1.807) is 0 Å². The minimum atomic E-state index is -3.73. The van der Waals surface area contributed by atoms with Crippen LogP contribution in [0.25, 0.3) is 11.5 Å². The number of aromatic nitrogens is 4. The van der Waals surface area contributed by atoms with Gasteiger partial charge in [0.15, 0.2) is 0 Å². The van der Waals surface area contributed by atoms with Crippen molar-refractivity contribution >= 4 is 10.0 Å². The van der Waals surface area contributed by atoms with E-state index >= 15 is 0 Å². The van der Waals surface area contributed by atoms with Crippen LogP contribution in [0.2, 0.25) is 0 Å². The number of sulfonamides is 1. The monoisotopic (exact) mass is 361 g/mol. The van der Waals surface area contributed by atoms with Gasteiger partial charge in [0.25, 0.3) is 0 Å². The van der Waals surface area contributed by atoms with Crippen molar-refractivity contribution in [2.45, 2.75) is 10.8 Å². The number of benzene rings is 1. The van der Waals surface area contributed by atoms with Crippen LogP contribution < -0.4 is 0 Å². The van der Waals surface area contributed by atoms with Crippen LogP contribution in [0.3, 0.4) is 0 Å². The van der Waals surface area contributed by atoms with Crippen LogP contribution >= 0.6 is 0 Å². The lowest BCUT2D eigenvalue weighted by atomic mass is 10.0. The molecule has 0 bridgehead atoms. The second kappa shape index (κ2) is 5.97. The zero-order chi connectivity index (χ0) is 17.4. The Bertz CT molecular complexity index is 1000. The zero-order valence-corrected chi connectivity index (χ0v) is 13.6. The van der Waals surface area contributed by atoms with Gasteiger partial charge in [-0.3, -0.25) is 4.98 Å². The molecular formula is C15H12FN5O3S. The molecule has 1 saturated heterocycles. The molecule has 0 N–H and O–H groups in total. The van der Waals surface area contributed by atoms with Gasteiger partial charge in [0.05, 0.1) is 17.0 Å². The maximum absolute atomic E-state index is 13.3. The molecule has 128 valence electrons. The summed E-state index contributed by atoms with van der Waals surface area (Å²) < 4.78 is 44.6. The summed E-state index contributed by atoms with van der Waals surface area (Å²) in [6.45, 7) is 0.391. The number of rotatable bonds is 4. The summed E-state index contributed by atoms with van der Waals surface area (Å²) in [6, 6.07) is 4.93. The van der Waals surface area contributed by atoms with Crippen molar-refractivity contribution in [3.63, 3.8) is 0 Å². The standard InChI is InChI=1S/C15H12FN5O3S/c16-11-2-1-3-12(6-11)25(22,23)21-8-10(9-21)15-19-14(20-24-15)13-7-17-4-5-18-13/h1-7,10H,8-9H2. The van der Waals surface area contributed by atoms with Gasteiger partial charge in [0, 0.05) is 25.5 Å². The molecule has 0 saturated carbocycles. The van der Waals surface area contributed by atoms with Crippen LogP contribution in [-0.4, -0.2) is 45.9 Å². The average Bonchev–Trinajstić information content (AvgIpc) is 3.04. The van der Waals surface area contributed by atoms with Crippen LogP contribution in [0.4, 0.5) is 4.39 Å². The van der Waals surface area contributed by atoms with Gasteiger partial charge in [-0.1, -0.05) is 11.2 Å². The number of hydrogen-bond donors (Lipinski definition) is 0. The molecule has 2 aromatic heterocycles. The van der Waals surface area contributed by atoms with Crippen LogP contribution in [0, 0.1) is 5.82 Å². The normalized spacial score (nSPS) is 15.9. The van der Waals surface area contributed by atoms with Crippen molar-refractivity contribution in [1.29, 1.82) is 0 Å². The van der Waals surface area contributed by atoms with Gasteiger partial charge >= 0.3 is 0 Å². The van der Waals surface area contributed by atoms with Crippen molar-refractivity contribution in [2.24, 2.45) is 0 Å². The Morgan fingerprint density at radius 1 is 1.24 bits per heavy atom. The summed E-state index contributed by atoms with van der Waals surface area (Å²) in [6.07, 6.45) is 4.56. The first kappa shape index (κ1) is 15.8. The molecule has 3 aromatic rings. The summed E-state index contributed by atoms with van der Waals surface area (Å²) >= 11 is 0. The van der Waals surface area contributed by atoms with E-state index in [9.17, 15) is 12.8 Å². The topological polar surface area (TPSA) is 102 Å². The van der Waals surface area contributed by atoms with Gasteiger partial charge in [-0.05, 0) is 18.2 Å². The molecule has 0 atom stereocenters. The van der Waals surface area contributed by atoms with E-state index in [1.807, 2.05) is 0 Å². The predicted octanol–water partition coefficient (Wildman–Crippen LogP) is 1.45. The molecule has 0 aliphatic carbocycles. The average molecular weight is 361 g/mol. The largest absolute Gasteiger partial charge is 0.339 e. The third-order valence-corrected chi connectivity index (χ3v) is 5.69. The lowest BCUT2D eigenvalue weighted by Crippen LogP contribution is -2.48. The molecule has 1 aliphatic heterocycles. The molecule has 0 spiro atoms. The highest BCUT2D eigenvalue weighted by Gasteiger charge is 2.40. The van der Waals surface area contributed by atoms with Crippen molar-refractivity contribution in [1.82, 2.24) is 24.4 Å². The Hall–Kier alpha value is -2.72. The smallest absolute Gasteiger partial charge is 0.243 e. The number of nitrogens with zero attached hydrogens (tertiary/aromatic N) is 5. The molecule has 1 aromatic carbocycles. The van der Waals surface area contributed by atoms with Gasteiger partial charge in [0.2, 0.25) is 21.7 Å². The molecule has 0 amide bonds. The Balaban J connectivity index is 1.48. The van der Waals surface area contributed by atoms with E-state index in [0.29, 0.717) is 17.4 Å². The van der Waals surface area contributed by atoms with Crippen LogP contribution in [0.15, 0.2) is 52.3 Å². The SMILES string of the molecule is O=S(=O)(c1cccc(F)c1)N1CC(c2nc(-c3cnccn3)no2)C1. The molecular weight excluding hydrogens is 349 g/mol. The Labute approximate surface area is 142 Å². The Morgan fingerprint density at radius 3 is 2.80 bits per heavy atom.